The second kappa shape index (κ2) is 13.3. The van der Waals surface area contributed by atoms with Crippen molar-refractivity contribution in [3.63, 3.8) is 0 Å². The number of fused-ring (bicyclic) bond motifs is 3. The summed E-state index contributed by atoms with van der Waals surface area (Å²) in [5, 5.41) is 0.725. The fourth-order valence-corrected chi connectivity index (χ4v) is 9.98. The largest absolute Gasteiger partial charge is 0.435 e. The maximum absolute atomic E-state index is 14.4. The summed E-state index contributed by atoms with van der Waals surface area (Å²) in [5.41, 5.74) is -0.295. The van der Waals surface area contributed by atoms with Gasteiger partial charge in [-0.05, 0) is 59.3 Å². The fraction of sp³-hybridized carbons (Fsp3) is 0. The van der Waals surface area contributed by atoms with Crippen LogP contribution in [0.5, 0.6) is 0 Å². The van der Waals surface area contributed by atoms with Crippen LogP contribution in [0.2, 0.25) is 0 Å². The highest BCUT2D eigenvalue weighted by atomic mass is 32.1. The van der Waals surface area contributed by atoms with Crippen LogP contribution in [0.3, 0.4) is 0 Å². The molecule has 10 aromatic rings. The predicted octanol–water partition coefficient (Wildman–Crippen LogP) is 13.6. The first-order chi connectivity index (χ1) is 27.8. The standard InChI is InChI=1S/C38H10F10N4O2S4/c39-25-23(26(40)30(44)33(47)29(25)43)37-49-9-21(57-37)17-1-3-19(55-17)35-51-13-5-11-8-16-14(6-12(11)7-15(13)53-35)52-36(54-16)20-4-2-18(56-20)22-10-50-38(58-22)24-27(41)31(45)34(48)32(46)28(24)42/h1-10H. The molecule has 10 rings (SSSR count). The summed E-state index contributed by atoms with van der Waals surface area (Å²) >= 11 is 3.93. The lowest BCUT2D eigenvalue weighted by Crippen LogP contribution is -2.03. The summed E-state index contributed by atoms with van der Waals surface area (Å²) in [6.45, 7) is 0. The molecule has 0 radical (unpaired) electrons. The van der Waals surface area contributed by atoms with Crippen LogP contribution in [0, 0.1) is 58.2 Å². The van der Waals surface area contributed by atoms with Gasteiger partial charge in [0.2, 0.25) is 23.4 Å². The quantitative estimate of drug-likeness (QED) is 0.0941. The molecule has 0 aliphatic rings. The lowest BCUT2D eigenvalue weighted by atomic mass is 10.1. The van der Waals surface area contributed by atoms with E-state index < -0.39 is 69.3 Å². The van der Waals surface area contributed by atoms with Gasteiger partial charge in [0, 0.05) is 22.1 Å². The van der Waals surface area contributed by atoms with Crippen LogP contribution in [0.15, 0.2) is 69.8 Å². The van der Waals surface area contributed by atoms with Gasteiger partial charge in [-0.2, -0.15) is 0 Å². The molecular formula is C38H10F10N4O2S4. The molecule has 0 atom stereocenters. The topological polar surface area (TPSA) is 77.8 Å². The van der Waals surface area contributed by atoms with Gasteiger partial charge in [0.1, 0.15) is 21.0 Å². The average molecular weight is 873 g/mol. The Kier molecular flexibility index (Phi) is 8.34. The summed E-state index contributed by atoms with van der Waals surface area (Å²) in [5.74, 6) is -20.1. The molecule has 0 saturated carbocycles. The van der Waals surface area contributed by atoms with E-state index in [9.17, 15) is 43.9 Å². The van der Waals surface area contributed by atoms with Crippen molar-refractivity contribution in [3.05, 3.63) is 119 Å². The molecule has 4 aromatic carbocycles. The molecule has 0 fully saturated rings. The SMILES string of the molecule is Fc1c(F)c(F)c(-c2ncc(-c3ccc(-c4nc5cc6cc7oc(-c8ccc(-c9cnc(-c%10c(F)c(F)c(F)c(F)c%10F)s9)s8)nc7cc6cc5o4)s3)s2)c(F)c1F. The van der Waals surface area contributed by atoms with Crippen molar-refractivity contribution in [1.82, 2.24) is 19.9 Å². The van der Waals surface area contributed by atoms with Gasteiger partial charge in [-0.3, -0.25) is 0 Å². The maximum Gasteiger partial charge on any atom is 0.237 e. The number of oxazole rings is 2. The van der Waals surface area contributed by atoms with Crippen molar-refractivity contribution in [1.29, 1.82) is 0 Å². The number of aromatic nitrogens is 4. The lowest BCUT2D eigenvalue weighted by molar-refractivity contribution is 0.381. The monoisotopic (exact) mass is 872 g/mol. The van der Waals surface area contributed by atoms with Gasteiger partial charge >= 0.3 is 0 Å². The number of thiazole rings is 2. The normalized spacial score (nSPS) is 12.0. The van der Waals surface area contributed by atoms with Crippen molar-refractivity contribution in [3.8, 4) is 62.2 Å². The molecular weight excluding hydrogens is 863 g/mol. The van der Waals surface area contributed by atoms with Crippen LogP contribution in [0.1, 0.15) is 0 Å². The maximum atomic E-state index is 14.4. The van der Waals surface area contributed by atoms with E-state index in [1.807, 2.05) is 0 Å². The lowest BCUT2D eigenvalue weighted by Gasteiger charge is -2.05. The molecule has 20 heteroatoms. The van der Waals surface area contributed by atoms with Gasteiger partial charge in [-0.15, -0.1) is 45.3 Å². The highest BCUT2D eigenvalue weighted by molar-refractivity contribution is 7.25. The number of hydrogen-bond acceptors (Lipinski definition) is 10. The fourth-order valence-electron chi connectivity index (χ4n) is 6.07. The van der Waals surface area contributed by atoms with Crippen LogP contribution in [0.4, 0.5) is 43.9 Å². The van der Waals surface area contributed by atoms with Crippen LogP contribution < -0.4 is 0 Å². The summed E-state index contributed by atoms with van der Waals surface area (Å²) in [6, 6.07) is 13.9. The molecule has 0 saturated heterocycles. The summed E-state index contributed by atoms with van der Waals surface area (Å²) in [4.78, 5) is 20.2. The zero-order chi connectivity index (χ0) is 40.3. The minimum absolute atomic E-state index is 0.268. The number of halogens is 10. The van der Waals surface area contributed by atoms with Gasteiger partial charge in [-0.1, -0.05) is 0 Å². The number of rotatable bonds is 6. The number of benzene rings is 4. The van der Waals surface area contributed by atoms with E-state index in [-0.39, 0.29) is 21.8 Å². The smallest absolute Gasteiger partial charge is 0.237 e. The van der Waals surface area contributed by atoms with Crippen LogP contribution in [-0.2, 0) is 0 Å². The van der Waals surface area contributed by atoms with E-state index in [0.717, 1.165) is 33.4 Å². The Labute approximate surface area is 331 Å². The van der Waals surface area contributed by atoms with Crippen LogP contribution in [-0.4, -0.2) is 19.9 Å². The van der Waals surface area contributed by atoms with E-state index in [4.69, 9.17) is 8.83 Å². The zero-order valence-electron chi connectivity index (χ0n) is 27.8. The molecule has 6 aromatic heterocycles. The second-order valence-corrected chi connectivity index (χ2v) is 16.5. The van der Waals surface area contributed by atoms with E-state index in [1.54, 1.807) is 48.5 Å². The van der Waals surface area contributed by atoms with Gasteiger partial charge in [0.05, 0.1) is 30.6 Å². The highest BCUT2D eigenvalue weighted by Gasteiger charge is 2.30. The highest BCUT2D eigenvalue weighted by Crippen LogP contribution is 2.44. The number of hydrogen-bond donors (Lipinski definition) is 0. The van der Waals surface area contributed by atoms with Gasteiger partial charge in [0.25, 0.3) is 0 Å². The first-order valence-electron chi connectivity index (χ1n) is 16.2. The third-order valence-corrected chi connectivity index (χ3v) is 13.4. The van der Waals surface area contributed by atoms with Crippen molar-refractivity contribution >= 4 is 78.3 Å². The van der Waals surface area contributed by atoms with Gasteiger partial charge in [0.15, 0.2) is 57.7 Å². The third kappa shape index (κ3) is 5.64. The van der Waals surface area contributed by atoms with E-state index in [2.05, 4.69) is 19.9 Å². The third-order valence-electron chi connectivity index (χ3n) is 8.83. The molecule has 6 heterocycles. The Morgan fingerprint density at radius 3 is 1.10 bits per heavy atom. The van der Waals surface area contributed by atoms with Crippen LogP contribution in [0.25, 0.3) is 95.2 Å². The minimum atomic E-state index is -2.25. The summed E-state index contributed by atoms with van der Waals surface area (Å²) in [7, 11) is 0. The molecule has 0 amide bonds. The van der Waals surface area contributed by atoms with Crippen molar-refractivity contribution in [2.24, 2.45) is 0 Å². The van der Waals surface area contributed by atoms with Gasteiger partial charge < -0.3 is 8.83 Å². The molecule has 0 unspecified atom stereocenters. The Morgan fingerprint density at radius 2 is 0.724 bits per heavy atom. The molecule has 0 aliphatic heterocycles. The van der Waals surface area contributed by atoms with E-state index in [0.29, 0.717) is 51.5 Å². The number of thiophene rings is 2. The van der Waals surface area contributed by atoms with Crippen molar-refractivity contribution in [2.45, 2.75) is 0 Å². The van der Waals surface area contributed by atoms with E-state index >= 15 is 0 Å². The molecule has 0 spiro atoms. The van der Waals surface area contributed by atoms with Crippen LogP contribution >= 0.6 is 45.3 Å². The Hall–Kier alpha value is -5.96. The first kappa shape index (κ1) is 36.4. The predicted molar refractivity (Wildman–Crippen MR) is 198 cm³/mol. The minimum Gasteiger partial charge on any atom is -0.435 e. The molecule has 0 aliphatic carbocycles. The Bertz CT molecular complexity index is 3000. The molecule has 0 bridgehead atoms. The Balaban J connectivity index is 0.913. The first-order valence-corrected chi connectivity index (χ1v) is 19.4. The second-order valence-electron chi connectivity index (χ2n) is 12.3. The molecule has 58 heavy (non-hydrogen) atoms. The van der Waals surface area contributed by atoms with E-state index in [1.165, 1.54) is 35.1 Å². The van der Waals surface area contributed by atoms with Crippen molar-refractivity contribution < 1.29 is 52.7 Å². The van der Waals surface area contributed by atoms with Gasteiger partial charge in [-0.25, -0.2) is 63.8 Å². The molecule has 0 N–H and O–H groups in total. The van der Waals surface area contributed by atoms with Crippen molar-refractivity contribution in [2.75, 3.05) is 0 Å². The summed E-state index contributed by atoms with van der Waals surface area (Å²) < 4.78 is 152. The Morgan fingerprint density at radius 1 is 0.379 bits per heavy atom. The molecule has 6 nitrogen and oxygen atoms in total. The molecule has 288 valence electrons. The summed E-state index contributed by atoms with van der Waals surface area (Å²) in [6.07, 6.45) is 2.54. The number of nitrogens with zero attached hydrogens (tertiary/aromatic N) is 4. The zero-order valence-corrected chi connectivity index (χ0v) is 31.1. The average Bonchev–Trinajstić information content (AvgIpc) is 4.07.